The quantitative estimate of drug-likeness (QED) is 0.833. The van der Waals surface area contributed by atoms with E-state index in [9.17, 15) is 0 Å². The van der Waals surface area contributed by atoms with Gasteiger partial charge in [0.05, 0.1) is 10.5 Å². The van der Waals surface area contributed by atoms with E-state index in [1.54, 1.807) is 0 Å². The van der Waals surface area contributed by atoms with Crippen molar-refractivity contribution >= 4 is 39.7 Å². The van der Waals surface area contributed by atoms with Crippen molar-refractivity contribution in [2.24, 2.45) is 11.7 Å². The van der Waals surface area contributed by atoms with Gasteiger partial charge in [-0.05, 0) is 30.5 Å². The van der Waals surface area contributed by atoms with Crippen LogP contribution < -0.4 is 5.73 Å². The molecule has 0 unspecified atom stereocenters. The molecule has 0 aliphatic carbocycles. The van der Waals surface area contributed by atoms with E-state index in [-0.39, 0.29) is 0 Å². The van der Waals surface area contributed by atoms with Gasteiger partial charge in [0.15, 0.2) is 0 Å². The molecule has 2 rings (SSSR count). The van der Waals surface area contributed by atoms with Gasteiger partial charge in [0.1, 0.15) is 4.99 Å². The van der Waals surface area contributed by atoms with Crippen molar-refractivity contribution in [3.63, 3.8) is 0 Å². The third kappa shape index (κ3) is 2.61. The summed E-state index contributed by atoms with van der Waals surface area (Å²) in [6.45, 7) is 4.38. The van der Waals surface area contributed by atoms with Gasteiger partial charge in [0.2, 0.25) is 0 Å². The average molecular weight is 267 g/mol. The standard InChI is InChI=1S/C13H15ClN2S/c1-7(2)3-10-5-8-4-9(13(15)17)6-11(14)12(8)16-10/h4-7,16H,3H2,1-2H3,(H2,15,17). The van der Waals surface area contributed by atoms with Crippen molar-refractivity contribution < 1.29 is 0 Å². The predicted molar refractivity (Wildman–Crippen MR) is 77.7 cm³/mol. The molecule has 2 nitrogen and oxygen atoms in total. The molecule has 0 atom stereocenters. The number of aromatic amines is 1. The highest BCUT2D eigenvalue weighted by molar-refractivity contribution is 7.80. The molecule has 0 bridgehead atoms. The Morgan fingerprint density at radius 3 is 2.71 bits per heavy atom. The highest BCUT2D eigenvalue weighted by Crippen LogP contribution is 2.26. The molecule has 0 saturated carbocycles. The van der Waals surface area contributed by atoms with Gasteiger partial charge in [-0.3, -0.25) is 0 Å². The zero-order chi connectivity index (χ0) is 12.6. The van der Waals surface area contributed by atoms with Crippen molar-refractivity contribution in [1.82, 2.24) is 4.98 Å². The molecule has 0 aliphatic heterocycles. The number of aromatic nitrogens is 1. The van der Waals surface area contributed by atoms with Crippen molar-refractivity contribution in [2.45, 2.75) is 20.3 Å². The van der Waals surface area contributed by atoms with Crippen LogP contribution in [-0.4, -0.2) is 9.97 Å². The van der Waals surface area contributed by atoms with E-state index < -0.39 is 0 Å². The largest absolute Gasteiger partial charge is 0.389 e. The molecule has 2 aromatic rings. The second-order valence-corrected chi connectivity index (χ2v) is 5.53. The minimum absolute atomic E-state index is 0.375. The topological polar surface area (TPSA) is 41.8 Å². The van der Waals surface area contributed by atoms with Crippen molar-refractivity contribution in [3.05, 3.63) is 34.5 Å². The van der Waals surface area contributed by atoms with Gasteiger partial charge in [0.25, 0.3) is 0 Å². The average Bonchev–Trinajstić information content (AvgIpc) is 2.59. The first kappa shape index (κ1) is 12.4. The molecule has 17 heavy (non-hydrogen) atoms. The molecule has 0 aliphatic rings. The Morgan fingerprint density at radius 1 is 1.41 bits per heavy atom. The van der Waals surface area contributed by atoms with E-state index in [0.717, 1.165) is 22.9 Å². The Morgan fingerprint density at radius 2 is 2.12 bits per heavy atom. The molecule has 3 N–H and O–H groups in total. The van der Waals surface area contributed by atoms with E-state index in [4.69, 9.17) is 29.6 Å². The number of nitrogens with one attached hydrogen (secondary N) is 1. The predicted octanol–water partition coefficient (Wildman–Crippen LogP) is 3.65. The third-order valence-electron chi connectivity index (χ3n) is 2.65. The minimum Gasteiger partial charge on any atom is -0.389 e. The summed E-state index contributed by atoms with van der Waals surface area (Å²) in [5.74, 6) is 0.608. The summed E-state index contributed by atoms with van der Waals surface area (Å²) in [6, 6.07) is 5.90. The molecule has 4 heteroatoms. The molecule has 0 saturated heterocycles. The van der Waals surface area contributed by atoms with Crippen LogP contribution in [0.25, 0.3) is 10.9 Å². The summed E-state index contributed by atoms with van der Waals surface area (Å²) in [7, 11) is 0. The van der Waals surface area contributed by atoms with E-state index >= 15 is 0 Å². The van der Waals surface area contributed by atoms with Gasteiger partial charge in [0, 0.05) is 16.6 Å². The fourth-order valence-electron chi connectivity index (χ4n) is 1.95. The van der Waals surface area contributed by atoms with Crippen LogP contribution in [0.5, 0.6) is 0 Å². The Labute approximate surface area is 111 Å². The summed E-state index contributed by atoms with van der Waals surface area (Å²) in [4.78, 5) is 3.72. The molecule has 0 amide bonds. The maximum atomic E-state index is 6.21. The summed E-state index contributed by atoms with van der Waals surface area (Å²) >= 11 is 11.2. The van der Waals surface area contributed by atoms with Gasteiger partial charge in [-0.25, -0.2) is 0 Å². The van der Waals surface area contributed by atoms with Crippen LogP contribution in [0.1, 0.15) is 25.1 Å². The van der Waals surface area contributed by atoms with E-state index in [1.807, 2.05) is 12.1 Å². The molecule has 1 aromatic carbocycles. The van der Waals surface area contributed by atoms with E-state index in [0.29, 0.717) is 15.9 Å². The first-order chi connectivity index (χ1) is 7.97. The van der Waals surface area contributed by atoms with Gasteiger partial charge in [-0.2, -0.15) is 0 Å². The zero-order valence-corrected chi connectivity index (χ0v) is 11.5. The fourth-order valence-corrected chi connectivity index (χ4v) is 2.34. The van der Waals surface area contributed by atoms with Crippen LogP contribution in [-0.2, 0) is 6.42 Å². The number of thiocarbonyl (C=S) groups is 1. The van der Waals surface area contributed by atoms with Crippen LogP contribution in [0.2, 0.25) is 5.02 Å². The van der Waals surface area contributed by atoms with Gasteiger partial charge >= 0.3 is 0 Å². The number of hydrogen-bond donors (Lipinski definition) is 2. The Balaban J connectivity index is 2.52. The number of rotatable bonds is 3. The lowest BCUT2D eigenvalue weighted by Gasteiger charge is -2.01. The molecule has 0 spiro atoms. The summed E-state index contributed by atoms with van der Waals surface area (Å²) < 4.78 is 0. The highest BCUT2D eigenvalue weighted by atomic mass is 35.5. The Hall–Kier alpha value is -1.06. The summed E-state index contributed by atoms with van der Waals surface area (Å²) in [5, 5.41) is 1.73. The monoisotopic (exact) mass is 266 g/mol. The number of halogens is 1. The van der Waals surface area contributed by atoms with Crippen molar-refractivity contribution in [2.75, 3.05) is 0 Å². The summed E-state index contributed by atoms with van der Waals surface area (Å²) in [6.07, 6.45) is 1.01. The third-order valence-corrected chi connectivity index (χ3v) is 3.18. The zero-order valence-electron chi connectivity index (χ0n) is 9.88. The number of hydrogen-bond acceptors (Lipinski definition) is 1. The van der Waals surface area contributed by atoms with Crippen LogP contribution >= 0.6 is 23.8 Å². The maximum absolute atomic E-state index is 6.21. The van der Waals surface area contributed by atoms with Gasteiger partial charge in [-0.1, -0.05) is 37.7 Å². The van der Waals surface area contributed by atoms with Crippen LogP contribution in [0, 0.1) is 5.92 Å². The van der Waals surface area contributed by atoms with E-state index in [2.05, 4.69) is 24.9 Å². The fraction of sp³-hybridized carbons (Fsp3) is 0.308. The van der Waals surface area contributed by atoms with Crippen LogP contribution in [0.15, 0.2) is 18.2 Å². The van der Waals surface area contributed by atoms with Gasteiger partial charge in [-0.15, -0.1) is 0 Å². The summed E-state index contributed by atoms with van der Waals surface area (Å²) in [5.41, 5.74) is 8.59. The van der Waals surface area contributed by atoms with Crippen molar-refractivity contribution in [1.29, 1.82) is 0 Å². The Bertz CT molecular complexity index is 572. The van der Waals surface area contributed by atoms with Crippen LogP contribution in [0.4, 0.5) is 0 Å². The van der Waals surface area contributed by atoms with E-state index in [1.165, 1.54) is 5.69 Å². The number of nitrogens with two attached hydrogens (primary N) is 1. The number of H-pyrrole nitrogens is 1. The molecule has 0 radical (unpaired) electrons. The lowest BCUT2D eigenvalue weighted by Crippen LogP contribution is -2.08. The first-order valence-electron chi connectivity index (χ1n) is 5.58. The van der Waals surface area contributed by atoms with Gasteiger partial charge < -0.3 is 10.7 Å². The second-order valence-electron chi connectivity index (χ2n) is 4.68. The smallest absolute Gasteiger partial charge is 0.104 e. The molecular formula is C13H15ClN2S. The first-order valence-corrected chi connectivity index (χ1v) is 6.37. The Kier molecular flexibility index (Phi) is 3.40. The molecular weight excluding hydrogens is 252 g/mol. The van der Waals surface area contributed by atoms with Crippen LogP contribution in [0.3, 0.4) is 0 Å². The normalized spacial score (nSPS) is 11.3. The minimum atomic E-state index is 0.375. The van der Waals surface area contributed by atoms with Crippen molar-refractivity contribution in [3.8, 4) is 0 Å². The number of benzene rings is 1. The highest BCUT2D eigenvalue weighted by Gasteiger charge is 2.08. The molecule has 1 heterocycles. The maximum Gasteiger partial charge on any atom is 0.104 e. The molecule has 90 valence electrons. The number of fused-ring (bicyclic) bond motifs is 1. The molecule has 1 aromatic heterocycles. The lowest BCUT2D eigenvalue weighted by atomic mass is 10.1. The molecule has 0 fully saturated rings. The second kappa shape index (κ2) is 4.67. The lowest BCUT2D eigenvalue weighted by molar-refractivity contribution is 0.639. The SMILES string of the molecule is CC(C)Cc1cc2cc(C(N)=S)cc(Cl)c2[nH]1.